The van der Waals surface area contributed by atoms with E-state index in [4.69, 9.17) is 27.9 Å². The van der Waals surface area contributed by atoms with Crippen molar-refractivity contribution in [2.24, 2.45) is 0 Å². The Morgan fingerprint density at radius 3 is 2.50 bits per heavy atom. The summed E-state index contributed by atoms with van der Waals surface area (Å²) >= 11 is 11.8. The largest absolute Gasteiger partial charge is 0.479 e. The van der Waals surface area contributed by atoms with Crippen LogP contribution < -0.4 is 15.4 Å². The van der Waals surface area contributed by atoms with Crippen molar-refractivity contribution < 1.29 is 14.3 Å². The van der Waals surface area contributed by atoms with Crippen LogP contribution in [0.4, 0.5) is 5.69 Å². The van der Waals surface area contributed by atoms with E-state index in [-0.39, 0.29) is 12.5 Å². The number of ether oxygens (including phenoxy) is 1. The van der Waals surface area contributed by atoms with E-state index in [2.05, 4.69) is 10.6 Å². The van der Waals surface area contributed by atoms with Gasteiger partial charge >= 0.3 is 0 Å². The second-order valence-corrected chi connectivity index (χ2v) is 5.81. The zero-order valence-electron chi connectivity index (χ0n) is 12.9. The maximum atomic E-state index is 12.0. The second kappa shape index (κ2) is 8.57. The van der Waals surface area contributed by atoms with Crippen LogP contribution in [0.3, 0.4) is 0 Å². The Morgan fingerprint density at radius 2 is 1.83 bits per heavy atom. The minimum Gasteiger partial charge on any atom is -0.479 e. The van der Waals surface area contributed by atoms with Gasteiger partial charge in [0.1, 0.15) is 5.75 Å². The molecule has 2 amide bonds. The van der Waals surface area contributed by atoms with Crippen molar-refractivity contribution in [1.29, 1.82) is 0 Å². The Balaban J connectivity index is 1.82. The summed E-state index contributed by atoms with van der Waals surface area (Å²) in [6.45, 7) is 1.41. The summed E-state index contributed by atoms with van der Waals surface area (Å²) < 4.78 is 5.48. The normalized spacial score (nSPS) is 11.5. The molecule has 126 valence electrons. The fraction of sp³-hybridized carbons (Fsp3) is 0.176. The molecule has 2 aromatic carbocycles. The van der Waals surface area contributed by atoms with Crippen molar-refractivity contribution in [2.75, 3.05) is 11.9 Å². The van der Waals surface area contributed by atoms with Crippen LogP contribution in [-0.2, 0) is 9.59 Å². The Hall–Kier alpha value is -2.24. The number of carbonyl (C=O) groups excluding carboxylic acids is 2. The van der Waals surface area contributed by atoms with E-state index in [1.165, 1.54) is 6.07 Å². The first kappa shape index (κ1) is 18.1. The summed E-state index contributed by atoms with van der Waals surface area (Å²) in [5.41, 5.74) is 0.661. The monoisotopic (exact) mass is 366 g/mol. The predicted molar refractivity (Wildman–Crippen MR) is 94.6 cm³/mol. The molecule has 0 fully saturated rings. The van der Waals surface area contributed by atoms with Gasteiger partial charge in [0, 0.05) is 10.7 Å². The standard InChI is InChI=1S/C17H16Cl2N2O3/c1-11(24-15-8-7-12(18)9-14(15)19)17(23)20-10-16(22)21-13-5-3-2-4-6-13/h2-9,11H,10H2,1H3,(H,20,23)(H,21,22). The second-order valence-electron chi connectivity index (χ2n) is 4.97. The van der Waals surface area contributed by atoms with Crippen LogP contribution in [0.2, 0.25) is 10.0 Å². The zero-order chi connectivity index (χ0) is 17.5. The van der Waals surface area contributed by atoms with E-state index >= 15 is 0 Å². The van der Waals surface area contributed by atoms with Crippen LogP contribution in [0.1, 0.15) is 6.92 Å². The van der Waals surface area contributed by atoms with E-state index in [1.54, 1.807) is 43.3 Å². The molecule has 0 spiro atoms. The maximum Gasteiger partial charge on any atom is 0.261 e. The zero-order valence-corrected chi connectivity index (χ0v) is 14.4. The topological polar surface area (TPSA) is 67.4 Å². The van der Waals surface area contributed by atoms with Gasteiger partial charge < -0.3 is 15.4 Å². The summed E-state index contributed by atoms with van der Waals surface area (Å²) in [5, 5.41) is 5.96. The molecule has 1 unspecified atom stereocenters. The molecule has 5 nitrogen and oxygen atoms in total. The van der Waals surface area contributed by atoms with Crippen molar-refractivity contribution >= 4 is 40.7 Å². The van der Waals surface area contributed by atoms with Crippen LogP contribution in [0.25, 0.3) is 0 Å². The SMILES string of the molecule is CC(Oc1ccc(Cl)cc1Cl)C(=O)NCC(=O)Nc1ccccc1. The predicted octanol–water partition coefficient (Wildman–Crippen LogP) is 3.52. The number of anilines is 1. The third-order valence-electron chi connectivity index (χ3n) is 3.05. The molecule has 0 aliphatic heterocycles. The van der Waals surface area contributed by atoms with Crippen molar-refractivity contribution in [1.82, 2.24) is 5.32 Å². The molecule has 0 aliphatic carbocycles. The van der Waals surface area contributed by atoms with Crippen LogP contribution >= 0.6 is 23.2 Å². The molecule has 2 aromatic rings. The van der Waals surface area contributed by atoms with Crippen LogP contribution in [0.5, 0.6) is 5.75 Å². The number of hydrogen-bond acceptors (Lipinski definition) is 3. The summed E-state index contributed by atoms with van der Waals surface area (Å²) in [7, 11) is 0. The molecule has 0 aromatic heterocycles. The Labute approximate surface area is 149 Å². The molecule has 1 atom stereocenters. The van der Waals surface area contributed by atoms with Gasteiger partial charge in [-0.15, -0.1) is 0 Å². The third-order valence-corrected chi connectivity index (χ3v) is 3.58. The molecule has 0 radical (unpaired) electrons. The number of amides is 2. The molecule has 0 heterocycles. The van der Waals surface area contributed by atoms with Gasteiger partial charge in [0.15, 0.2) is 6.10 Å². The van der Waals surface area contributed by atoms with Crippen LogP contribution in [0.15, 0.2) is 48.5 Å². The van der Waals surface area contributed by atoms with E-state index in [0.717, 1.165) is 0 Å². The summed E-state index contributed by atoms with van der Waals surface area (Å²) in [4.78, 5) is 23.8. The van der Waals surface area contributed by atoms with Gasteiger partial charge in [0.05, 0.1) is 11.6 Å². The first-order chi connectivity index (χ1) is 11.5. The minimum atomic E-state index is -0.812. The molecule has 7 heteroatoms. The molecule has 0 saturated heterocycles. The van der Waals surface area contributed by atoms with E-state index in [0.29, 0.717) is 21.5 Å². The minimum absolute atomic E-state index is 0.157. The molecular formula is C17H16Cl2N2O3. The molecule has 0 saturated carbocycles. The Kier molecular flexibility index (Phi) is 6.46. The van der Waals surface area contributed by atoms with Gasteiger partial charge in [-0.2, -0.15) is 0 Å². The van der Waals surface area contributed by atoms with Crippen molar-refractivity contribution in [3.63, 3.8) is 0 Å². The number of carbonyl (C=O) groups is 2. The average molecular weight is 367 g/mol. The highest BCUT2D eigenvalue weighted by molar-refractivity contribution is 6.35. The van der Waals surface area contributed by atoms with Crippen molar-refractivity contribution in [3.8, 4) is 5.75 Å². The first-order valence-electron chi connectivity index (χ1n) is 7.20. The van der Waals surface area contributed by atoms with Gasteiger partial charge in [-0.1, -0.05) is 41.4 Å². The first-order valence-corrected chi connectivity index (χ1v) is 7.95. The quantitative estimate of drug-likeness (QED) is 0.821. The van der Waals surface area contributed by atoms with Crippen LogP contribution in [0, 0.1) is 0 Å². The van der Waals surface area contributed by atoms with Crippen LogP contribution in [-0.4, -0.2) is 24.5 Å². The summed E-state index contributed by atoms with van der Waals surface area (Å²) in [6, 6.07) is 13.7. The molecule has 24 heavy (non-hydrogen) atoms. The molecular weight excluding hydrogens is 351 g/mol. The van der Waals surface area contributed by atoms with Gasteiger partial charge in [-0.25, -0.2) is 0 Å². The van der Waals surface area contributed by atoms with Crippen molar-refractivity contribution in [3.05, 3.63) is 58.6 Å². The van der Waals surface area contributed by atoms with E-state index in [1.807, 2.05) is 6.07 Å². The van der Waals surface area contributed by atoms with Crippen molar-refractivity contribution in [2.45, 2.75) is 13.0 Å². The van der Waals surface area contributed by atoms with Gasteiger partial charge in [0.2, 0.25) is 5.91 Å². The number of rotatable bonds is 6. The number of halogens is 2. The Bertz CT molecular complexity index is 723. The fourth-order valence-corrected chi connectivity index (χ4v) is 2.31. The Morgan fingerprint density at radius 1 is 1.12 bits per heavy atom. The lowest BCUT2D eigenvalue weighted by atomic mass is 10.3. The molecule has 2 rings (SSSR count). The third kappa shape index (κ3) is 5.44. The lowest BCUT2D eigenvalue weighted by Gasteiger charge is -2.15. The van der Waals surface area contributed by atoms with Gasteiger partial charge in [0.25, 0.3) is 5.91 Å². The lowest BCUT2D eigenvalue weighted by molar-refractivity contribution is -0.129. The molecule has 0 aliphatic rings. The fourth-order valence-electron chi connectivity index (χ4n) is 1.85. The average Bonchev–Trinajstić information content (AvgIpc) is 2.56. The van der Waals surface area contributed by atoms with E-state index < -0.39 is 12.0 Å². The lowest BCUT2D eigenvalue weighted by Crippen LogP contribution is -2.40. The highest BCUT2D eigenvalue weighted by Gasteiger charge is 2.17. The van der Waals surface area contributed by atoms with Gasteiger partial charge in [-0.3, -0.25) is 9.59 Å². The maximum absolute atomic E-state index is 12.0. The number of benzene rings is 2. The highest BCUT2D eigenvalue weighted by Crippen LogP contribution is 2.28. The highest BCUT2D eigenvalue weighted by atomic mass is 35.5. The smallest absolute Gasteiger partial charge is 0.261 e. The van der Waals surface area contributed by atoms with Gasteiger partial charge in [-0.05, 0) is 37.3 Å². The summed E-state index contributed by atoms with van der Waals surface area (Å²) in [5.74, 6) is -0.409. The molecule has 2 N–H and O–H groups in total. The number of hydrogen-bond donors (Lipinski definition) is 2. The number of nitrogens with one attached hydrogen (secondary N) is 2. The van der Waals surface area contributed by atoms with E-state index in [9.17, 15) is 9.59 Å². The summed E-state index contributed by atoms with van der Waals surface area (Å²) in [6.07, 6.45) is -0.812. The number of para-hydroxylation sites is 1. The molecule has 0 bridgehead atoms.